The van der Waals surface area contributed by atoms with Crippen molar-refractivity contribution in [3.05, 3.63) is 58.6 Å². The number of amides is 1. The summed E-state index contributed by atoms with van der Waals surface area (Å²) < 4.78 is 61.8. The Hall–Kier alpha value is -2.19. The van der Waals surface area contributed by atoms with E-state index in [1.54, 1.807) is 0 Å². The summed E-state index contributed by atoms with van der Waals surface area (Å²) >= 11 is 5.94. The monoisotopic (exact) mass is 469 g/mol. The van der Waals surface area contributed by atoms with Crippen LogP contribution in [0.2, 0.25) is 5.02 Å². The zero-order chi connectivity index (χ0) is 22.4. The third-order valence-corrected chi connectivity index (χ3v) is 9.15. The molecule has 1 N–H and O–H groups in total. The van der Waals surface area contributed by atoms with Gasteiger partial charge < -0.3 is 10.1 Å². The van der Waals surface area contributed by atoms with Crippen LogP contribution in [0.5, 0.6) is 5.75 Å². The fourth-order valence-corrected chi connectivity index (χ4v) is 7.43. The molecule has 31 heavy (non-hydrogen) atoms. The maximum Gasteiger partial charge on any atom is 0.217 e. The van der Waals surface area contributed by atoms with Crippen molar-refractivity contribution < 1.29 is 26.7 Å². The Balaban J connectivity index is 1.95. The second-order valence-electron chi connectivity index (χ2n) is 8.10. The molecule has 2 aliphatic rings. The second-order valence-corrected chi connectivity index (χ2v) is 10.7. The lowest BCUT2D eigenvalue weighted by Crippen LogP contribution is -2.48. The summed E-state index contributed by atoms with van der Waals surface area (Å²) in [6, 6.07) is 7.29. The fourth-order valence-electron chi connectivity index (χ4n) is 4.92. The molecule has 4 rings (SSSR count). The Labute approximate surface area is 184 Å². The van der Waals surface area contributed by atoms with Crippen LogP contribution in [0.25, 0.3) is 0 Å². The van der Waals surface area contributed by atoms with Gasteiger partial charge in [0.25, 0.3) is 0 Å². The van der Waals surface area contributed by atoms with Crippen LogP contribution in [-0.4, -0.2) is 27.0 Å². The lowest BCUT2D eigenvalue weighted by Gasteiger charge is -2.43. The molecule has 1 fully saturated rings. The number of hydrogen-bond acceptors (Lipinski definition) is 4. The smallest absolute Gasteiger partial charge is 0.217 e. The van der Waals surface area contributed by atoms with Gasteiger partial charge in [-0.05, 0) is 62.1 Å². The Morgan fingerprint density at radius 1 is 1.10 bits per heavy atom. The first-order valence-electron chi connectivity index (χ1n) is 10.1. The molecule has 0 radical (unpaired) electrons. The van der Waals surface area contributed by atoms with Crippen LogP contribution < -0.4 is 10.1 Å². The van der Waals surface area contributed by atoms with Crippen LogP contribution >= 0.6 is 11.6 Å². The molecule has 5 nitrogen and oxygen atoms in total. The topological polar surface area (TPSA) is 72.5 Å². The number of carbonyl (C=O) groups is 1. The molecule has 9 heteroatoms. The minimum atomic E-state index is -4.19. The summed E-state index contributed by atoms with van der Waals surface area (Å²) in [7, 11) is -4.19. The van der Waals surface area contributed by atoms with Crippen LogP contribution in [0.3, 0.4) is 0 Å². The Morgan fingerprint density at radius 2 is 1.77 bits per heavy atom. The second kappa shape index (κ2) is 8.06. The van der Waals surface area contributed by atoms with E-state index in [9.17, 15) is 17.6 Å². The Morgan fingerprint density at radius 3 is 2.45 bits per heavy atom. The van der Waals surface area contributed by atoms with Crippen LogP contribution in [-0.2, 0) is 19.4 Å². The molecule has 1 saturated carbocycles. The first kappa shape index (κ1) is 22.0. The highest BCUT2D eigenvalue weighted by Gasteiger charge is 2.58. The summed E-state index contributed by atoms with van der Waals surface area (Å²) in [6.07, 6.45) is 1.20. The molecule has 2 aromatic rings. The van der Waals surface area contributed by atoms with Crippen molar-refractivity contribution in [3.63, 3.8) is 0 Å². The summed E-state index contributed by atoms with van der Waals surface area (Å²) in [6.45, 7) is 1.33. The van der Waals surface area contributed by atoms with E-state index in [-0.39, 0.29) is 41.2 Å². The van der Waals surface area contributed by atoms with Crippen molar-refractivity contribution in [3.8, 4) is 5.75 Å². The highest BCUT2D eigenvalue weighted by Crippen LogP contribution is 2.55. The summed E-state index contributed by atoms with van der Waals surface area (Å²) in [5.41, 5.74) is -0.262. The zero-order valence-electron chi connectivity index (χ0n) is 16.8. The average Bonchev–Trinajstić information content (AvgIpc) is 2.91. The van der Waals surface area contributed by atoms with Crippen molar-refractivity contribution >= 4 is 27.3 Å². The van der Waals surface area contributed by atoms with Gasteiger partial charge in [-0.3, -0.25) is 4.79 Å². The van der Waals surface area contributed by atoms with Gasteiger partial charge in [0.2, 0.25) is 5.91 Å². The van der Waals surface area contributed by atoms with E-state index < -0.39 is 32.1 Å². The molecule has 0 bridgehead atoms. The van der Waals surface area contributed by atoms with E-state index in [1.807, 2.05) is 0 Å². The van der Waals surface area contributed by atoms with Gasteiger partial charge in [0.15, 0.2) is 21.4 Å². The molecule has 2 aromatic carbocycles. The number of sulfone groups is 1. The molecule has 1 aliphatic carbocycles. The highest BCUT2D eigenvalue weighted by molar-refractivity contribution is 7.92. The number of carbonyl (C=O) groups excluding carboxylic acids is 1. The molecule has 1 aliphatic heterocycles. The van der Waals surface area contributed by atoms with E-state index in [1.165, 1.54) is 31.2 Å². The fraction of sp³-hybridized carbons (Fsp3) is 0.409. The van der Waals surface area contributed by atoms with Crippen LogP contribution in [0, 0.1) is 17.6 Å². The third kappa shape index (κ3) is 3.59. The van der Waals surface area contributed by atoms with E-state index in [0.29, 0.717) is 24.3 Å². The van der Waals surface area contributed by atoms with Crippen molar-refractivity contribution in [1.29, 1.82) is 0 Å². The normalized spacial score (nSPS) is 25.5. The Bertz CT molecular complexity index is 1120. The van der Waals surface area contributed by atoms with E-state index in [4.69, 9.17) is 16.3 Å². The van der Waals surface area contributed by atoms with Gasteiger partial charge in [0, 0.05) is 23.9 Å². The minimum Gasteiger partial charge on any atom is -0.490 e. The number of rotatable bonds is 3. The molecule has 3 atom stereocenters. The predicted octanol–water partition coefficient (Wildman–Crippen LogP) is 4.37. The van der Waals surface area contributed by atoms with Crippen LogP contribution in [0.4, 0.5) is 8.78 Å². The summed E-state index contributed by atoms with van der Waals surface area (Å²) in [5.74, 6) is -2.82. The molecule has 1 unspecified atom stereocenters. The standard InChI is InChI=1S/C22H22ClF2NO4S/c1-13(27)26-16-5-2-14-12-30-21-19(25)9-8-18(24)20(21)22(14,11-10-16)31(28,29)17-6-3-15(23)4-7-17/h3-4,6-9,14,16H,2,5,10-12H2,1H3,(H,26,27)/t14?,16-,22+/m0/s1. The van der Waals surface area contributed by atoms with E-state index in [0.717, 1.165) is 12.1 Å². The van der Waals surface area contributed by atoms with E-state index >= 15 is 4.39 Å². The van der Waals surface area contributed by atoms with Gasteiger partial charge in [-0.25, -0.2) is 17.2 Å². The SMILES string of the molecule is CC(=O)N[C@H]1CCC2COc3c(F)ccc(F)c3[C@@]2(S(=O)(=O)c2ccc(Cl)cc2)CC1. The zero-order valence-corrected chi connectivity index (χ0v) is 18.4. The molecule has 1 heterocycles. The summed E-state index contributed by atoms with van der Waals surface area (Å²) in [4.78, 5) is 11.6. The van der Waals surface area contributed by atoms with Crippen molar-refractivity contribution in [1.82, 2.24) is 5.32 Å². The van der Waals surface area contributed by atoms with Gasteiger partial charge in [-0.15, -0.1) is 0 Å². The van der Waals surface area contributed by atoms with Crippen LogP contribution in [0.15, 0.2) is 41.3 Å². The molecule has 1 amide bonds. The molecule has 0 aromatic heterocycles. The highest BCUT2D eigenvalue weighted by atomic mass is 35.5. The van der Waals surface area contributed by atoms with Gasteiger partial charge in [-0.2, -0.15) is 0 Å². The first-order valence-corrected chi connectivity index (χ1v) is 11.9. The number of fused-ring (bicyclic) bond motifs is 3. The third-order valence-electron chi connectivity index (χ3n) is 6.31. The maximum absolute atomic E-state index is 15.2. The van der Waals surface area contributed by atoms with Crippen molar-refractivity contribution in [2.24, 2.45) is 5.92 Å². The molecule has 166 valence electrons. The maximum atomic E-state index is 15.2. The lowest BCUT2D eigenvalue weighted by atomic mass is 9.79. The molecule has 0 saturated heterocycles. The van der Waals surface area contributed by atoms with Crippen molar-refractivity contribution in [2.75, 3.05) is 6.61 Å². The Kier molecular flexibility index (Phi) is 5.72. The number of nitrogens with one attached hydrogen (secondary N) is 1. The largest absolute Gasteiger partial charge is 0.490 e. The average molecular weight is 470 g/mol. The van der Waals surface area contributed by atoms with E-state index in [2.05, 4.69) is 5.32 Å². The lowest BCUT2D eigenvalue weighted by molar-refractivity contribution is -0.119. The van der Waals surface area contributed by atoms with Gasteiger partial charge in [0.05, 0.1) is 17.1 Å². The number of hydrogen-bond donors (Lipinski definition) is 1. The van der Waals surface area contributed by atoms with Gasteiger partial charge >= 0.3 is 0 Å². The number of halogens is 3. The van der Waals surface area contributed by atoms with Crippen molar-refractivity contribution in [2.45, 2.75) is 48.3 Å². The summed E-state index contributed by atoms with van der Waals surface area (Å²) in [5, 5.41) is 3.20. The molecular weight excluding hydrogens is 448 g/mol. The predicted molar refractivity (Wildman–Crippen MR) is 112 cm³/mol. The molecular formula is C22H22ClF2NO4S. The van der Waals surface area contributed by atoms with Crippen LogP contribution in [0.1, 0.15) is 38.2 Å². The first-order chi connectivity index (χ1) is 14.7. The van der Waals surface area contributed by atoms with Gasteiger partial charge in [-0.1, -0.05) is 11.6 Å². The number of benzene rings is 2. The minimum absolute atomic E-state index is 0.0172. The number of ether oxygens (including phenoxy) is 1. The molecule has 0 spiro atoms. The van der Waals surface area contributed by atoms with Gasteiger partial charge in [0.1, 0.15) is 10.6 Å². The quantitative estimate of drug-likeness (QED) is 0.724.